The quantitative estimate of drug-likeness (QED) is 0.313. The fourth-order valence-electron chi connectivity index (χ4n) is 4.62. The van der Waals surface area contributed by atoms with Crippen LogP contribution >= 0.6 is 0 Å². The van der Waals surface area contributed by atoms with Gasteiger partial charge in [-0.15, -0.1) is 0 Å². The number of nitrogens with one attached hydrogen (secondary N) is 3. The molecule has 0 radical (unpaired) electrons. The lowest BCUT2D eigenvalue weighted by molar-refractivity contribution is 0.188. The Kier molecular flexibility index (Phi) is 9.84. The number of piperidine rings is 1. The third kappa shape index (κ3) is 8.85. The minimum Gasteiger partial charge on any atom is -0.457 e. The van der Waals surface area contributed by atoms with E-state index in [0.29, 0.717) is 29.4 Å². The molecule has 0 aliphatic carbocycles. The van der Waals surface area contributed by atoms with Gasteiger partial charge in [-0.25, -0.2) is 13.2 Å². The van der Waals surface area contributed by atoms with Crippen LogP contribution in [-0.2, 0) is 16.6 Å². The largest absolute Gasteiger partial charge is 0.457 e. The second-order valence-electron chi connectivity index (χ2n) is 10.1. The molecule has 1 aromatic heterocycles. The van der Waals surface area contributed by atoms with Crippen molar-refractivity contribution < 1.29 is 17.9 Å². The number of unbranched alkanes of at least 4 members (excludes halogenated alkanes) is 1. The molecule has 0 saturated carbocycles. The molecule has 1 aliphatic heterocycles. The van der Waals surface area contributed by atoms with Crippen molar-refractivity contribution in [2.24, 2.45) is 0 Å². The molecule has 2 heterocycles. The highest BCUT2D eigenvalue weighted by atomic mass is 32.2. The van der Waals surface area contributed by atoms with Crippen molar-refractivity contribution in [2.45, 2.75) is 45.2 Å². The van der Waals surface area contributed by atoms with Gasteiger partial charge in [0.15, 0.2) is 0 Å². The summed E-state index contributed by atoms with van der Waals surface area (Å²) in [6, 6.07) is 17.8. The van der Waals surface area contributed by atoms with E-state index in [1.54, 1.807) is 41.4 Å². The maximum atomic E-state index is 13.1. The highest BCUT2D eigenvalue weighted by Gasteiger charge is 2.24. The molecule has 1 aliphatic rings. The Balaban J connectivity index is 1.25. The summed E-state index contributed by atoms with van der Waals surface area (Å²) >= 11 is 0. The second-order valence-corrected chi connectivity index (χ2v) is 11.8. The van der Waals surface area contributed by atoms with Gasteiger partial charge in [-0.2, -0.15) is 0 Å². The van der Waals surface area contributed by atoms with E-state index in [-0.39, 0.29) is 17.6 Å². The Morgan fingerprint density at radius 3 is 2.30 bits per heavy atom. The molecule has 0 unspecified atom stereocenters. The number of hydrogen-bond acceptors (Lipinski definition) is 6. The standard InChI is InChI=1S/C29H37N5O5S/c1-3-4-17-34(25-13-16-30-28(35)20-25)29(36)31-23-14-18-33(19-15-23)21-22-5-9-26(10-6-22)39-27-11-7-24(8-12-27)32-40(2,37)38/h5-13,16,20,23,32H,3-4,14-15,17-19,21H2,1-2H3,(H,30,35)(H,31,36). The van der Waals surface area contributed by atoms with Crippen molar-refractivity contribution in [3.8, 4) is 11.5 Å². The summed E-state index contributed by atoms with van der Waals surface area (Å²) in [7, 11) is -3.32. The molecular formula is C29H37N5O5S. The van der Waals surface area contributed by atoms with Crippen LogP contribution < -0.4 is 25.2 Å². The molecule has 214 valence electrons. The SMILES string of the molecule is CCCCN(C(=O)NC1CCN(Cc2ccc(Oc3ccc(NS(C)(=O)=O)cc3)cc2)CC1)c1cc[nH]c(=O)c1. The minimum absolute atomic E-state index is 0.0877. The summed E-state index contributed by atoms with van der Waals surface area (Å²) in [4.78, 5) is 31.5. The molecule has 1 fully saturated rings. The number of hydrogen-bond donors (Lipinski definition) is 3. The third-order valence-corrected chi connectivity index (χ3v) is 7.30. The van der Waals surface area contributed by atoms with Gasteiger partial charge in [0, 0.05) is 50.2 Å². The first kappa shape index (κ1) is 29.2. The molecule has 3 N–H and O–H groups in total. The predicted octanol–water partition coefficient (Wildman–Crippen LogP) is 4.52. The van der Waals surface area contributed by atoms with Crippen LogP contribution in [0.25, 0.3) is 0 Å². The number of pyridine rings is 1. The van der Waals surface area contributed by atoms with E-state index < -0.39 is 10.0 Å². The number of sulfonamides is 1. The van der Waals surface area contributed by atoms with Gasteiger partial charge >= 0.3 is 6.03 Å². The van der Waals surface area contributed by atoms with Gasteiger partial charge in [-0.3, -0.25) is 19.3 Å². The fraction of sp³-hybridized carbons (Fsp3) is 0.379. The van der Waals surface area contributed by atoms with Crippen LogP contribution in [-0.4, -0.2) is 56.3 Å². The molecule has 2 aromatic carbocycles. The van der Waals surface area contributed by atoms with Crippen molar-refractivity contribution in [1.82, 2.24) is 15.2 Å². The number of amides is 2. The van der Waals surface area contributed by atoms with E-state index >= 15 is 0 Å². The number of anilines is 2. The summed E-state index contributed by atoms with van der Waals surface area (Å²) in [5.41, 5.74) is 2.04. The lowest BCUT2D eigenvalue weighted by atomic mass is 10.0. The Morgan fingerprint density at radius 1 is 1.05 bits per heavy atom. The van der Waals surface area contributed by atoms with E-state index in [1.807, 2.05) is 24.3 Å². The molecule has 4 rings (SSSR count). The number of carbonyl (C=O) groups excluding carboxylic acids is 1. The second kappa shape index (κ2) is 13.5. The zero-order valence-electron chi connectivity index (χ0n) is 22.9. The van der Waals surface area contributed by atoms with Crippen LogP contribution in [0.5, 0.6) is 11.5 Å². The number of aromatic amines is 1. The van der Waals surface area contributed by atoms with Gasteiger partial charge < -0.3 is 15.0 Å². The highest BCUT2D eigenvalue weighted by Crippen LogP contribution is 2.24. The smallest absolute Gasteiger partial charge is 0.322 e. The number of nitrogens with zero attached hydrogens (tertiary/aromatic N) is 2. The maximum Gasteiger partial charge on any atom is 0.322 e. The molecule has 10 nitrogen and oxygen atoms in total. The summed E-state index contributed by atoms with van der Waals surface area (Å²) in [5, 5.41) is 3.17. The van der Waals surface area contributed by atoms with Crippen LogP contribution in [0.3, 0.4) is 0 Å². The molecule has 3 aromatic rings. The average Bonchev–Trinajstić information content (AvgIpc) is 2.91. The first-order valence-electron chi connectivity index (χ1n) is 13.5. The number of ether oxygens (including phenoxy) is 1. The Labute approximate surface area is 235 Å². The number of urea groups is 1. The Bertz CT molecular complexity index is 1420. The minimum atomic E-state index is -3.32. The Morgan fingerprint density at radius 2 is 1.70 bits per heavy atom. The van der Waals surface area contributed by atoms with Crippen LogP contribution in [0.15, 0.2) is 71.7 Å². The van der Waals surface area contributed by atoms with Crippen LogP contribution in [0, 0.1) is 0 Å². The molecule has 0 atom stereocenters. The van der Waals surface area contributed by atoms with Crippen molar-refractivity contribution in [3.05, 3.63) is 82.8 Å². The molecule has 11 heteroatoms. The van der Waals surface area contributed by atoms with Crippen LogP contribution in [0.2, 0.25) is 0 Å². The van der Waals surface area contributed by atoms with Gasteiger partial charge in [0.25, 0.3) is 0 Å². The molecule has 40 heavy (non-hydrogen) atoms. The van der Waals surface area contributed by atoms with E-state index in [2.05, 4.69) is 26.8 Å². The fourth-order valence-corrected chi connectivity index (χ4v) is 5.18. The molecule has 2 amide bonds. The molecule has 0 spiro atoms. The van der Waals surface area contributed by atoms with Crippen LogP contribution in [0.4, 0.5) is 16.2 Å². The first-order chi connectivity index (χ1) is 19.2. The molecular weight excluding hydrogens is 530 g/mol. The lowest BCUT2D eigenvalue weighted by Crippen LogP contribution is -2.49. The summed E-state index contributed by atoms with van der Waals surface area (Å²) in [5.74, 6) is 1.31. The van der Waals surface area contributed by atoms with Crippen LogP contribution in [0.1, 0.15) is 38.2 Å². The third-order valence-electron chi connectivity index (χ3n) is 6.69. The van der Waals surface area contributed by atoms with Crippen molar-refractivity contribution in [3.63, 3.8) is 0 Å². The van der Waals surface area contributed by atoms with Crippen molar-refractivity contribution >= 4 is 27.4 Å². The van der Waals surface area contributed by atoms with Gasteiger partial charge in [0.1, 0.15) is 11.5 Å². The number of H-pyrrole nitrogens is 1. The van der Waals surface area contributed by atoms with Crippen molar-refractivity contribution in [1.29, 1.82) is 0 Å². The van der Waals surface area contributed by atoms with E-state index in [4.69, 9.17) is 4.74 Å². The summed E-state index contributed by atoms with van der Waals surface area (Å²) < 4.78 is 31.0. The van der Waals surface area contributed by atoms with Gasteiger partial charge in [-0.1, -0.05) is 25.5 Å². The summed E-state index contributed by atoms with van der Waals surface area (Å²) in [6.45, 7) is 5.19. The van der Waals surface area contributed by atoms with E-state index in [1.165, 1.54) is 11.6 Å². The number of benzene rings is 2. The average molecular weight is 568 g/mol. The predicted molar refractivity (Wildman–Crippen MR) is 158 cm³/mol. The highest BCUT2D eigenvalue weighted by molar-refractivity contribution is 7.92. The number of rotatable bonds is 11. The lowest BCUT2D eigenvalue weighted by Gasteiger charge is -2.34. The number of aromatic nitrogens is 1. The summed E-state index contributed by atoms with van der Waals surface area (Å²) in [6.07, 6.45) is 6.20. The zero-order chi connectivity index (χ0) is 28.5. The zero-order valence-corrected chi connectivity index (χ0v) is 23.7. The molecule has 1 saturated heterocycles. The van der Waals surface area contributed by atoms with E-state index in [0.717, 1.165) is 51.6 Å². The first-order valence-corrected chi connectivity index (χ1v) is 15.4. The van der Waals surface area contributed by atoms with Gasteiger partial charge in [-0.05, 0) is 67.3 Å². The molecule has 0 bridgehead atoms. The number of likely N-dealkylation sites (tertiary alicyclic amines) is 1. The normalized spacial score (nSPS) is 14.4. The van der Waals surface area contributed by atoms with E-state index in [9.17, 15) is 18.0 Å². The van der Waals surface area contributed by atoms with Crippen molar-refractivity contribution in [2.75, 3.05) is 35.5 Å². The Hall–Kier alpha value is -3.83. The number of carbonyl (C=O) groups is 1. The van der Waals surface area contributed by atoms with Gasteiger partial charge in [0.2, 0.25) is 15.6 Å². The monoisotopic (exact) mass is 567 g/mol. The van der Waals surface area contributed by atoms with Gasteiger partial charge in [0.05, 0.1) is 11.9 Å². The topological polar surface area (TPSA) is 124 Å². The maximum absolute atomic E-state index is 13.1.